The quantitative estimate of drug-likeness (QED) is 0.768. The number of amides is 1. The van der Waals surface area contributed by atoms with Crippen molar-refractivity contribution in [2.45, 2.75) is 19.9 Å². The van der Waals surface area contributed by atoms with Crippen molar-refractivity contribution >= 4 is 11.7 Å². The molecule has 0 saturated heterocycles. The second-order valence-corrected chi connectivity index (χ2v) is 6.22. The van der Waals surface area contributed by atoms with Gasteiger partial charge in [0.2, 0.25) is 5.91 Å². The van der Waals surface area contributed by atoms with Gasteiger partial charge in [0.25, 0.3) is 0 Å². The van der Waals surface area contributed by atoms with Crippen molar-refractivity contribution < 1.29 is 4.79 Å². The third-order valence-electron chi connectivity index (χ3n) is 3.77. The first-order chi connectivity index (χ1) is 11.5. The third kappa shape index (κ3) is 5.06. The summed E-state index contributed by atoms with van der Waals surface area (Å²) in [5.74, 6) is 0.830. The highest BCUT2D eigenvalue weighted by Gasteiger charge is 2.22. The molecule has 0 fully saturated rings. The van der Waals surface area contributed by atoms with Crippen LogP contribution in [0.2, 0.25) is 0 Å². The van der Waals surface area contributed by atoms with Gasteiger partial charge in [-0.25, -0.2) is 4.98 Å². The zero-order valence-corrected chi connectivity index (χ0v) is 14.8. The normalized spacial score (nSPS) is 12.0. The fourth-order valence-corrected chi connectivity index (χ4v) is 2.63. The summed E-state index contributed by atoms with van der Waals surface area (Å²) in [6, 6.07) is 11.7. The van der Waals surface area contributed by atoms with Crippen LogP contribution in [0.15, 0.2) is 42.6 Å². The van der Waals surface area contributed by atoms with Gasteiger partial charge in [0.1, 0.15) is 11.9 Å². The standard InChI is InChI=1S/C19H26N4O/c1-14-6-5-7-16(12-14)18(23(3)4)19(24)22-11-10-21-17-13-15(2)8-9-20-17/h5-9,12-13,18H,10-11H2,1-4H3,(H,20,21)(H,22,24)/t18-/m1/s1. The maximum Gasteiger partial charge on any atom is 0.242 e. The molecule has 1 aromatic carbocycles. The molecule has 0 unspecified atom stereocenters. The van der Waals surface area contributed by atoms with Crippen molar-refractivity contribution in [3.8, 4) is 0 Å². The number of hydrogen-bond donors (Lipinski definition) is 2. The highest BCUT2D eigenvalue weighted by molar-refractivity contribution is 5.83. The van der Waals surface area contributed by atoms with Crippen molar-refractivity contribution in [1.82, 2.24) is 15.2 Å². The number of nitrogens with one attached hydrogen (secondary N) is 2. The van der Waals surface area contributed by atoms with Crippen molar-refractivity contribution in [2.75, 3.05) is 32.5 Å². The van der Waals surface area contributed by atoms with Crippen LogP contribution in [0.1, 0.15) is 22.7 Å². The molecule has 0 aliphatic heterocycles. The van der Waals surface area contributed by atoms with Crippen LogP contribution in [-0.2, 0) is 4.79 Å². The number of aryl methyl sites for hydroxylation is 2. The zero-order chi connectivity index (χ0) is 17.5. The first-order valence-electron chi connectivity index (χ1n) is 8.14. The number of anilines is 1. The van der Waals surface area contributed by atoms with Crippen molar-refractivity contribution in [2.24, 2.45) is 0 Å². The molecule has 0 spiro atoms. The molecular formula is C19H26N4O. The van der Waals surface area contributed by atoms with Crippen LogP contribution >= 0.6 is 0 Å². The monoisotopic (exact) mass is 326 g/mol. The lowest BCUT2D eigenvalue weighted by Crippen LogP contribution is -2.39. The van der Waals surface area contributed by atoms with Crippen molar-refractivity contribution in [1.29, 1.82) is 0 Å². The van der Waals surface area contributed by atoms with Crippen LogP contribution in [0, 0.1) is 13.8 Å². The van der Waals surface area contributed by atoms with E-state index in [1.54, 1.807) is 6.20 Å². The lowest BCUT2D eigenvalue weighted by atomic mass is 10.0. The molecule has 0 bridgehead atoms. The average molecular weight is 326 g/mol. The maximum absolute atomic E-state index is 12.6. The van der Waals surface area contributed by atoms with Crippen molar-refractivity contribution in [3.63, 3.8) is 0 Å². The van der Waals surface area contributed by atoms with E-state index in [4.69, 9.17) is 0 Å². The van der Waals surface area contributed by atoms with E-state index in [1.165, 1.54) is 0 Å². The summed E-state index contributed by atoms with van der Waals surface area (Å²) in [7, 11) is 3.84. The van der Waals surface area contributed by atoms with E-state index in [-0.39, 0.29) is 11.9 Å². The molecule has 2 N–H and O–H groups in total. The van der Waals surface area contributed by atoms with Crippen LogP contribution in [0.3, 0.4) is 0 Å². The number of nitrogens with zero attached hydrogens (tertiary/aromatic N) is 2. The van der Waals surface area contributed by atoms with Gasteiger partial charge in [-0.2, -0.15) is 0 Å². The number of carbonyl (C=O) groups is 1. The third-order valence-corrected chi connectivity index (χ3v) is 3.77. The van der Waals surface area contributed by atoms with E-state index < -0.39 is 0 Å². The topological polar surface area (TPSA) is 57.3 Å². The molecule has 1 aromatic heterocycles. The fraction of sp³-hybridized carbons (Fsp3) is 0.368. The van der Waals surface area contributed by atoms with E-state index in [1.807, 2.05) is 63.2 Å². The molecule has 0 aliphatic carbocycles. The van der Waals surface area contributed by atoms with Gasteiger partial charge in [0.05, 0.1) is 0 Å². The Morgan fingerprint density at radius 2 is 1.88 bits per heavy atom. The zero-order valence-electron chi connectivity index (χ0n) is 14.8. The minimum absolute atomic E-state index is 0.00426. The Hall–Kier alpha value is -2.40. The van der Waals surface area contributed by atoms with Gasteiger partial charge in [-0.3, -0.25) is 9.69 Å². The van der Waals surface area contributed by atoms with Crippen LogP contribution in [0.4, 0.5) is 5.82 Å². The van der Waals surface area contributed by atoms with Crippen LogP contribution in [0.5, 0.6) is 0 Å². The lowest BCUT2D eigenvalue weighted by Gasteiger charge is -2.24. The van der Waals surface area contributed by atoms with E-state index in [0.717, 1.165) is 22.5 Å². The molecule has 0 aliphatic rings. The Bertz CT molecular complexity index is 685. The summed E-state index contributed by atoms with van der Waals surface area (Å²) in [6.45, 7) is 5.24. The van der Waals surface area contributed by atoms with E-state index in [0.29, 0.717) is 13.1 Å². The Kier molecular flexibility index (Phi) is 6.32. The van der Waals surface area contributed by atoms with Crippen LogP contribution in [0.25, 0.3) is 0 Å². The molecule has 128 valence electrons. The van der Waals surface area contributed by atoms with Crippen LogP contribution in [-0.4, -0.2) is 43.0 Å². The number of pyridine rings is 1. The molecular weight excluding hydrogens is 300 g/mol. The maximum atomic E-state index is 12.6. The number of rotatable bonds is 7. The molecule has 2 rings (SSSR count). The Morgan fingerprint density at radius 3 is 2.54 bits per heavy atom. The molecule has 1 amide bonds. The first-order valence-corrected chi connectivity index (χ1v) is 8.14. The van der Waals surface area contributed by atoms with E-state index in [2.05, 4.69) is 21.7 Å². The largest absolute Gasteiger partial charge is 0.368 e. The van der Waals surface area contributed by atoms with E-state index in [9.17, 15) is 4.79 Å². The highest BCUT2D eigenvalue weighted by atomic mass is 16.2. The molecule has 1 heterocycles. The van der Waals surface area contributed by atoms with Gasteiger partial charge in [-0.15, -0.1) is 0 Å². The average Bonchev–Trinajstić information content (AvgIpc) is 2.51. The van der Waals surface area contributed by atoms with Gasteiger partial charge in [0.15, 0.2) is 0 Å². The summed E-state index contributed by atoms with van der Waals surface area (Å²) in [5, 5.41) is 6.21. The Morgan fingerprint density at radius 1 is 1.12 bits per heavy atom. The first kappa shape index (κ1) is 17.9. The number of carbonyl (C=O) groups excluding carboxylic acids is 1. The molecule has 0 radical (unpaired) electrons. The smallest absolute Gasteiger partial charge is 0.242 e. The molecule has 5 nitrogen and oxygen atoms in total. The minimum Gasteiger partial charge on any atom is -0.368 e. The molecule has 2 aromatic rings. The minimum atomic E-state index is -0.290. The molecule has 1 atom stereocenters. The SMILES string of the molecule is Cc1cccc([C@H](C(=O)NCCNc2cc(C)ccn2)N(C)C)c1. The van der Waals surface area contributed by atoms with Crippen molar-refractivity contribution in [3.05, 3.63) is 59.3 Å². The van der Waals surface area contributed by atoms with Gasteiger partial charge in [-0.05, 0) is 51.2 Å². The Balaban J connectivity index is 1.89. The summed E-state index contributed by atoms with van der Waals surface area (Å²) in [6.07, 6.45) is 1.77. The summed E-state index contributed by atoms with van der Waals surface area (Å²) in [5.41, 5.74) is 3.31. The highest BCUT2D eigenvalue weighted by Crippen LogP contribution is 2.19. The number of likely N-dealkylation sites (N-methyl/N-ethyl adjacent to an activating group) is 1. The van der Waals surface area contributed by atoms with Gasteiger partial charge in [0, 0.05) is 19.3 Å². The van der Waals surface area contributed by atoms with Gasteiger partial charge < -0.3 is 10.6 Å². The summed E-state index contributed by atoms with van der Waals surface area (Å²) in [4.78, 5) is 18.7. The predicted molar refractivity (Wildman–Crippen MR) is 98.1 cm³/mol. The number of aromatic nitrogens is 1. The number of benzene rings is 1. The molecule has 24 heavy (non-hydrogen) atoms. The van der Waals surface area contributed by atoms with E-state index >= 15 is 0 Å². The number of hydrogen-bond acceptors (Lipinski definition) is 4. The van der Waals surface area contributed by atoms with Crippen LogP contribution < -0.4 is 10.6 Å². The predicted octanol–water partition coefficient (Wildman–Crippen LogP) is 2.53. The van der Waals surface area contributed by atoms with Gasteiger partial charge in [-0.1, -0.05) is 29.8 Å². The summed E-state index contributed by atoms with van der Waals surface area (Å²) >= 11 is 0. The second-order valence-electron chi connectivity index (χ2n) is 6.22. The lowest BCUT2D eigenvalue weighted by molar-refractivity contribution is -0.125. The molecule has 0 saturated carbocycles. The van der Waals surface area contributed by atoms with Gasteiger partial charge >= 0.3 is 0 Å². The molecule has 5 heteroatoms. The Labute approximate surface area is 144 Å². The second kappa shape index (κ2) is 8.45. The summed E-state index contributed by atoms with van der Waals surface area (Å²) < 4.78 is 0. The fourth-order valence-electron chi connectivity index (χ4n) is 2.63.